The van der Waals surface area contributed by atoms with Crippen LogP contribution in [0.4, 0.5) is 0 Å². The number of hydrogen-bond donors (Lipinski definition) is 1. The molecule has 1 aromatic carbocycles. The number of hydrogen-bond acceptors (Lipinski definition) is 3. The van der Waals surface area contributed by atoms with Crippen LogP contribution in [0.3, 0.4) is 0 Å². The van der Waals surface area contributed by atoms with Gasteiger partial charge in [0.1, 0.15) is 6.33 Å². The number of rotatable bonds is 3. The summed E-state index contributed by atoms with van der Waals surface area (Å²) in [4.78, 5) is 8.30. The van der Waals surface area contributed by atoms with Crippen molar-refractivity contribution in [3.63, 3.8) is 0 Å². The molecule has 4 heteroatoms. The highest BCUT2D eigenvalue weighted by Gasteiger charge is 2.05. The topological polar surface area (TPSA) is 51.8 Å². The minimum Gasteiger partial charge on any atom is -0.330 e. The molecule has 0 saturated carbocycles. The average Bonchev–Trinajstić information content (AvgIpc) is 2.32. The lowest BCUT2D eigenvalue weighted by molar-refractivity contribution is 0.945. The molecule has 0 atom stereocenters. The van der Waals surface area contributed by atoms with E-state index in [9.17, 15) is 0 Å². The van der Waals surface area contributed by atoms with Crippen molar-refractivity contribution in [2.45, 2.75) is 6.42 Å². The first kappa shape index (κ1) is 11.0. The van der Waals surface area contributed by atoms with Gasteiger partial charge in [0, 0.05) is 16.8 Å². The Balaban J connectivity index is 2.42. The van der Waals surface area contributed by atoms with Crippen LogP contribution in [0.2, 0.25) is 5.02 Å². The molecule has 2 rings (SSSR count). The summed E-state index contributed by atoms with van der Waals surface area (Å²) in [5, 5.41) is 0.721. The van der Waals surface area contributed by atoms with Crippen LogP contribution in [0.15, 0.2) is 36.8 Å². The quantitative estimate of drug-likeness (QED) is 0.885. The first-order chi connectivity index (χ1) is 7.81. The van der Waals surface area contributed by atoms with E-state index < -0.39 is 0 Å². The van der Waals surface area contributed by atoms with Crippen LogP contribution >= 0.6 is 11.6 Å². The Hall–Kier alpha value is -1.45. The summed E-state index contributed by atoms with van der Waals surface area (Å²) in [6, 6.07) is 7.60. The summed E-state index contributed by atoms with van der Waals surface area (Å²) in [6.07, 6.45) is 4.13. The van der Waals surface area contributed by atoms with Gasteiger partial charge < -0.3 is 5.73 Å². The zero-order valence-electron chi connectivity index (χ0n) is 8.73. The molecule has 1 heterocycles. The van der Waals surface area contributed by atoms with E-state index in [0.717, 1.165) is 28.3 Å². The molecular formula is C12H12ClN3. The fourth-order valence-electron chi connectivity index (χ4n) is 1.56. The Morgan fingerprint density at radius 2 is 1.94 bits per heavy atom. The molecule has 3 nitrogen and oxygen atoms in total. The summed E-state index contributed by atoms with van der Waals surface area (Å²) in [5.74, 6) is 0. The lowest BCUT2D eigenvalue weighted by atomic mass is 10.1. The third kappa shape index (κ3) is 2.38. The van der Waals surface area contributed by atoms with Crippen molar-refractivity contribution in [2.24, 2.45) is 5.73 Å². The van der Waals surface area contributed by atoms with E-state index >= 15 is 0 Å². The predicted molar refractivity (Wildman–Crippen MR) is 65.2 cm³/mol. The second-order valence-corrected chi connectivity index (χ2v) is 3.88. The first-order valence-electron chi connectivity index (χ1n) is 5.06. The first-order valence-corrected chi connectivity index (χ1v) is 5.44. The van der Waals surface area contributed by atoms with Crippen LogP contribution in [0.1, 0.15) is 5.56 Å². The van der Waals surface area contributed by atoms with E-state index in [2.05, 4.69) is 9.97 Å². The molecule has 0 fully saturated rings. The highest BCUT2D eigenvalue weighted by atomic mass is 35.5. The van der Waals surface area contributed by atoms with Crippen molar-refractivity contribution < 1.29 is 0 Å². The molecule has 1 aromatic heterocycles. The second-order valence-electron chi connectivity index (χ2n) is 3.44. The van der Waals surface area contributed by atoms with Gasteiger partial charge in [0.25, 0.3) is 0 Å². The van der Waals surface area contributed by atoms with E-state index in [0.29, 0.717) is 6.54 Å². The molecule has 2 N–H and O–H groups in total. The highest BCUT2D eigenvalue weighted by molar-refractivity contribution is 6.30. The maximum atomic E-state index is 5.85. The largest absolute Gasteiger partial charge is 0.330 e. The Kier molecular flexibility index (Phi) is 3.49. The molecule has 2 aromatic rings. The van der Waals surface area contributed by atoms with Crippen LogP contribution in [0.5, 0.6) is 0 Å². The fourth-order valence-corrected chi connectivity index (χ4v) is 1.69. The summed E-state index contributed by atoms with van der Waals surface area (Å²) in [7, 11) is 0. The van der Waals surface area contributed by atoms with Gasteiger partial charge in [-0.3, -0.25) is 0 Å². The van der Waals surface area contributed by atoms with Gasteiger partial charge >= 0.3 is 0 Å². The summed E-state index contributed by atoms with van der Waals surface area (Å²) < 4.78 is 0. The van der Waals surface area contributed by atoms with E-state index in [1.54, 1.807) is 6.33 Å². The monoisotopic (exact) mass is 233 g/mol. The van der Waals surface area contributed by atoms with Gasteiger partial charge in [-0.25, -0.2) is 9.97 Å². The van der Waals surface area contributed by atoms with E-state index in [1.807, 2.05) is 30.5 Å². The van der Waals surface area contributed by atoms with Crippen LogP contribution < -0.4 is 5.73 Å². The van der Waals surface area contributed by atoms with Crippen LogP contribution in [-0.2, 0) is 6.42 Å². The maximum absolute atomic E-state index is 5.85. The third-order valence-corrected chi connectivity index (χ3v) is 2.57. The molecule has 0 unspecified atom stereocenters. The Labute approximate surface area is 99.3 Å². The molecule has 0 radical (unpaired) electrons. The van der Waals surface area contributed by atoms with Crippen molar-refractivity contribution in [2.75, 3.05) is 6.54 Å². The highest BCUT2D eigenvalue weighted by Crippen LogP contribution is 2.22. The zero-order valence-corrected chi connectivity index (χ0v) is 9.48. The molecule has 0 aliphatic rings. The standard InChI is InChI=1S/C12H12ClN3/c13-11-3-1-9(2-4-11)12-10(5-6-14)7-15-8-16-12/h1-4,7-8H,5-6,14H2. The van der Waals surface area contributed by atoms with E-state index in [4.69, 9.17) is 17.3 Å². The van der Waals surface area contributed by atoms with Crippen LogP contribution in [-0.4, -0.2) is 16.5 Å². The SMILES string of the molecule is NCCc1cncnc1-c1ccc(Cl)cc1. The minimum atomic E-state index is 0.591. The van der Waals surface area contributed by atoms with Gasteiger partial charge in [-0.2, -0.15) is 0 Å². The third-order valence-electron chi connectivity index (χ3n) is 2.32. The normalized spacial score (nSPS) is 10.4. The number of halogens is 1. The van der Waals surface area contributed by atoms with E-state index in [1.165, 1.54) is 0 Å². The molecule has 0 aliphatic carbocycles. The molecule has 0 amide bonds. The summed E-state index contributed by atoms with van der Waals surface area (Å²) >= 11 is 5.85. The Morgan fingerprint density at radius 3 is 2.62 bits per heavy atom. The van der Waals surface area contributed by atoms with E-state index in [-0.39, 0.29) is 0 Å². The zero-order chi connectivity index (χ0) is 11.4. The van der Waals surface area contributed by atoms with Crippen LogP contribution in [0, 0.1) is 0 Å². The number of aromatic nitrogens is 2. The van der Waals surface area contributed by atoms with Gasteiger partial charge in [0.05, 0.1) is 5.69 Å². The number of benzene rings is 1. The van der Waals surface area contributed by atoms with Crippen molar-refractivity contribution in [3.8, 4) is 11.3 Å². The Morgan fingerprint density at radius 1 is 1.19 bits per heavy atom. The summed E-state index contributed by atoms with van der Waals surface area (Å²) in [6.45, 7) is 0.591. The molecule has 16 heavy (non-hydrogen) atoms. The van der Waals surface area contributed by atoms with Gasteiger partial charge in [-0.05, 0) is 30.7 Å². The van der Waals surface area contributed by atoms with Gasteiger partial charge in [-0.1, -0.05) is 23.7 Å². The maximum Gasteiger partial charge on any atom is 0.116 e. The number of nitrogens with zero attached hydrogens (tertiary/aromatic N) is 2. The summed E-state index contributed by atoms with van der Waals surface area (Å²) in [5.41, 5.74) is 8.58. The molecule has 0 aliphatic heterocycles. The molecule has 0 saturated heterocycles. The Bertz CT molecular complexity index is 468. The molecule has 0 bridgehead atoms. The minimum absolute atomic E-state index is 0.591. The second kappa shape index (κ2) is 5.05. The fraction of sp³-hybridized carbons (Fsp3) is 0.167. The van der Waals surface area contributed by atoms with Crippen molar-refractivity contribution in [3.05, 3.63) is 47.4 Å². The van der Waals surface area contributed by atoms with Crippen LogP contribution in [0.25, 0.3) is 11.3 Å². The van der Waals surface area contributed by atoms with Crippen molar-refractivity contribution >= 4 is 11.6 Å². The molecular weight excluding hydrogens is 222 g/mol. The predicted octanol–water partition coefficient (Wildman–Crippen LogP) is 2.30. The van der Waals surface area contributed by atoms with Crippen molar-refractivity contribution in [1.82, 2.24) is 9.97 Å². The van der Waals surface area contributed by atoms with Gasteiger partial charge in [0.2, 0.25) is 0 Å². The molecule has 0 spiro atoms. The van der Waals surface area contributed by atoms with Gasteiger partial charge in [0.15, 0.2) is 0 Å². The average molecular weight is 234 g/mol. The van der Waals surface area contributed by atoms with Gasteiger partial charge in [-0.15, -0.1) is 0 Å². The smallest absolute Gasteiger partial charge is 0.116 e. The number of nitrogens with two attached hydrogens (primary N) is 1. The lowest BCUT2D eigenvalue weighted by Gasteiger charge is -2.06. The molecule has 82 valence electrons. The van der Waals surface area contributed by atoms with Crippen molar-refractivity contribution in [1.29, 1.82) is 0 Å². The lowest BCUT2D eigenvalue weighted by Crippen LogP contribution is -2.05.